The van der Waals surface area contributed by atoms with E-state index in [9.17, 15) is 4.79 Å². The molecule has 5 nitrogen and oxygen atoms in total. The van der Waals surface area contributed by atoms with Gasteiger partial charge in [-0.3, -0.25) is 4.79 Å². The van der Waals surface area contributed by atoms with Gasteiger partial charge in [0.2, 0.25) is 0 Å². The molecule has 0 radical (unpaired) electrons. The van der Waals surface area contributed by atoms with Gasteiger partial charge in [0.05, 0.1) is 17.4 Å². The summed E-state index contributed by atoms with van der Waals surface area (Å²) < 4.78 is 5.42. The topological polar surface area (TPSA) is 55.3 Å². The second kappa shape index (κ2) is 4.89. The third kappa shape index (κ3) is 2.23. The highest BCUT2D eigenvalue weighted by atomic mass is 16.5. The molecular formula is C14H19N3O2. The molecule has 1 aromatic rings. The van der Waals surface area contributed by atoms with E-state index in [1.165, 1.54) is 6.33 Å². The summed E-state index contributed by atoms with van der Waals surface area (Å²) in [6.07, 6.45) is 5.64. The number of aryl methyl sites for hydroxylation is 1. The normalized spacial score (nSPS) is 29.6. The Balaban J connectivity index is 1.70. The van der Waals surface area contributed by atoms with Crippen molar-refractivity contribution in [2.24, 2.45) is 11.8 Å². The third-order valence-corrected chi connectivity index (χ3v) is 4.47. The van der Waals surface area contributed by atoms with Crippen LogP contribution in [-0.4, -0.2) is 47.1 Å². The summed E-state index contributed by atoms with van der Waals surface area (Å²) in [6.45, 7) is 3.54. The van der Waals surface area contributed by atoms with Crippen molar-refractivity contribution in [1.82, 2.24) is 14.9 Å². The van der Waals surface area contributed by atoms with Gasteiger partial charge in [-0.05, 0) is 31.6 Å². The second-order valence-corrected chi connectivity index (χ2v) is 5.58. The minimum Gasteiger partial charge on any atom is -0.381 e. The number of carbonyl (C=O) groups excluding carboxylic acids is 1. The van der Waals surface area contributed by atoms with E-state index in [4.69, 9.17) is 4.74 Å². The first kappa shape index (κ1) is 12.5. The fourth-order valence-corrected chi connectivity index (χ4v) is 3.37. The summed E-state index contributed by atoms with van der Waals surface area (Å²) >= 11 is 0. The SMILES string of the molecule is COC1C[C@@H]2CN(C(=O)c3cncnc3C)C[C@@H]2C1. The summed E-state index contributed by atoms with van der Waals surface area (Å²) in [7, 11) is 1.78. The lowest BCUT2D eigenvalue weighted by Gasteiger charge is -2.19. The van der Waals surface area contributed by atoms with Crippen LogP contribution in [0.25, 0.3) is 0 Å². The molecule has 1 aliphatic heterocycles. The van der Waals surface area contributed by atoms with Crippen molar-refractivity contribution < 1.29 is 9.53 Å². The molecule has 2 aliphatic rings. The second-order valence-electron chi connectivity index (χ2n) is 5.58. The van der Waals surface area contributed by atoms with E-state index in [2.05, 4.69) is 9.97 Å². The first-order valence-corrected chi connectivity index (χ1v) is 6.77. The zero-order chi connectivity index (χ0) is 13.4. The molecule has 2 heterocycles. The number of ether oxygens (including phenoxy) is 1. The lowest BCUT2D eigenvalue weighted by molar-refractivity contribution is 0.0730. The summed E-state index contributed by atoms with van der Waals surface area (Å²) in [4.78, 5) is 22.5. The van der Waals surface area contributed by atoms with Crippen molar-refractivity contribution in [3.8, 4) is 0 Å². The molecule has 5 heteroatoms. The van der Waals surface area contributed by atoms with Crippen LogP contribution in [0.5, 0.6) is 0 Å². The van der Waals surface area contributed by atoms with Gasteiger partial charge in [0.15, 0.2) is 0 Å². The first-order valence-electron chi connectivity index (χ1n) is 6.77. The highest BCUT2D eigenvalue weighted by Gasteiger charge is 2.42. The van der Waals surface area contributed by atoms with Gasteiger partial charge in [0, 0.05) is 26.4 Å². The van der Waals surface area contributed by atoms with Crippen LogP contribution in [0, 0.1) is 18.8 Å². The van der Waals surface area contributed by atoms with E-state index in [1.54, 1.807) is 13.3 Å². The van der Waals surface area contributed by atoms with Crippen LogP contribution in [0.1, 0.15) is 28.9 Å². The maximum atomic E-state index is 12.5. The molecule has 0 bridgehead atoms. The number of amides is 1. The maximum absolute atomic E-state index is 12.5. The minimum absolute atomic E-state index is 0.0708. The lowest BCUT2D eigenvalue weighted by Crippen LogP contribution is -2.31. The Morgan fingerprint density at radius 2 is 2.05 bits per heavy atom. The molecule has 0 spiro atoms. The number of hydrogen-bond donors (Lipinski definition) is 0. The van der Waals surface area contributed by atoms with Crippen LogP contribution in [0.2, 0.25) is 0 Å². The van der Waals surface area contributed by atoms with E-state index in [1.807, 2.05) is 11.8 Å². The van der Waals surface area contributed by atoms with Crippen LogP contribution in [0.3, 0.4) is 0 Å². The predicted molar refractivity (Wildman–Crippen MR) is 69.7 cm³/mol. The Morgan fingerprint density at radius 3 is 2.63 bits per heavy atom. The van der Waals surface area contributed by atoms with Gasteiger partial charge in [0.25, 0.3) is 5.91 Å². The van der Waals surface area contributed by atoms with Crippen molar-refractivity contribution >= 4 is 5.91 Å². The summed E-state index contributed by atoms with van der Waals surface area (Å²) in [5.41, 5.74) is 1.39. The van der Waals surface area contributed by atoms with Gasteiger partial charge in [-0.1, -0.05) is 0 Å². The number of fused-ring (bicyclic) bond motifs is 1. The standard InChI is InChI=1S/C14H19N3O2/c1-9-13(5-15-8-16-9)14(18)17-6-10-3-12(19-2)4-11(10)7-17/h5,8,10-12H,3-4,6-7H2,1-2H3/t10-,11+,12?. The molecule has 102 valence electrons. The molecule has 1 aromatic heterocycles. The van der Waals surface area contributed by atoms with Crippen LogP contribution in [-0.2, 0) is 4.74 Å². The molecule has 1 aliphatic carbocycles. The molecule has 2 fully saturated rings. The summed E-state index contributed by atoms with van der Waals surface area (Å²) in [6, 6.07) is 0. The first-order chi connectivity index (χ1) is 9.19. The number of carbonyl (C=O) groups is 1. The zero-order valence-electron chi connectivity index (χ0n) is 11.4. The molecule has 1 amide bonds. The Labute approximate surface area is 113 Å². The van der Waals surface area contributed by atoms with Crippen LogP contribution >= 0.6 is 0 Å². The van der Waals surface area contributed by atoms with Crippen molar-refractivity contribution in [3.05, 3.63) is 23.8 Å². The molecule has 1 saturated carbocycles. The summed E-state index contributed by atoms with van der Waals surface area (Å²) in [5.74, 6) is 1.26. The average molecular weight is 261 g/mol. The van der Waals surface area contributed by atoms with Gasteiger partial charge in [-0.15, -0.1) is 0 Å². The van der Waals surface area contributed by atoms with E-state index in [-0.39, 0.29) is 5.91 Å². The lowest BCUT2D eigenvalue weighted by atomic mass is 10.0. The number of aromatic nitrogens is 2. The number of likely N-dealkylation sites (tertiary alicyclic amines) is 1. The minimum atomic E-state index is 0.0708. The van der Waals surface area contributed by atoms with Crippen LogP contribution < -0.4 is 0 Å². The number of methoxy groups -OCH3 is 1. The molecular weight excluding hydrogens is 242 g/mol. The van der Waals surface area contributed by atoms with Gasteiger partial charge in [-0.25, -0.2) is 9.97 Å². The van der Waals surface area contributed by atoms with E-state index < -0.39 is 0 Å². The van der Waals surface area contributed by atoms with Crippen molar-refractivity contribution in [1.29, 1.82) is 0 Å². The highest BCUT2D eigenvalue weighted by molar-refractivity contribution is 5.95. The van der Waals surface area contributed by atoms with Gasteiger partial charge in [0.1, 0.15) is 6.33 Å². The van der Waals surface area contributed by atoms with Crippen molar-refractivity contribution in [2.75, 3.05) is 20.2 Å². The molecule has 0 N–H and O–H groups in total. The smallest absolute Gasteiger partial charge is 0.257 e. The van der Waals surface area contributed by atoms with Crippen LogP contribution in [0.4, 0.5) is 0 Å². The monoisotopic (exact) mass is 261 g/mol. The predicted octanol–water partition coefficient (Wildman–Crippen LogP) is 1.28. The Hall–Kier alpha value is -1.49. The number of rotatable bonds is 2. The quantitative estimate of drug-likeness (QED) is 0.805. The zero-order valence-corrected chi connectivity index (χ0v) is 11.4. The van der Waals surface area contributed by atoms with E-state index in [0.717, 1.165) is 31.6 Å². The maximum Gasteiger partial charge on any atom is 0.257 e. The fraction of sp³-hybridized carbons (Fsp3) is 0.643. The molecule has 3 atom stereocenters. The average Bonchev–Trinajstić information content (AvgIpc) is 2.96. The molecule has 19 heavy (non-hydrogen) atoms. The van der Waals surface area contributed by atoms with Crippen molar-refractivity contribution in [3.63, 3.8) is 0 Å². The molecule has 3 rings (SSSR count). The number of hydrogen-bond acceptors (Lipinski definition) is 4. The largest absolute Gasteiger partial charge is 0.381 e. The van der Waals surface area contributed by atoms with Gasteiger partial charge < -0.3 is 9.64 Å². The Kier molecular flexibility index (Phi) is 3.22. The van der Waals surface area contributed by atoms with E-state index >= 15 is 0 Å². The van der Waals surface area contributed by atoms with Gasteiger partial charge >= 0.3 is 0 Å². The van der Waals surface area contributed by atoms with Gasteiger partial charge in [-0.2, -0.15) is 0 Å². The van der Waals surface area contributed by atoms with E-state index in [0.29, 0.717) is 23.5 Å². The summed E-state index contributed by atoms with van der Waals surface area (Å²) in [5, 5.41) is 0. The van der Waals surface area contributed by atoms with Crippen molar-refractivity contribution in [2.45, 2.75) is 25.9 Å². The highest BCUT2D eigenvalue weighted by Crippen LogP contribution is 2.39. The fourth-order valence-electron chi connectivity index (χ4n) is 3.37. The van der Waals surface area contributed by atoms with Crippen LogP contribution in [0.15, 0.2) is 12.5 Å². The third-order valence-electron chi connectivity index (χ3n) is 4.47. The molecule has 1 unspecified atom stereocenters. The molecule has 0 aromatic carbocycles. The Bertz CT molecular complexity index is 477. The molecule has 1 saturated heterocycles. The number of nitrogens with zero attached hydrogens (tertiary/aromatic N) is 3. The Morgan fingerprint density at radius 1 is 1.37 bits per heavy atom.